The predicted molar refractivity (Wildman–Crippen MR) is 102 cm³/mol. The van der Waals surface area contributed by atoms with Gasteiger partial charge in [-0.05, 0) is 37.5 Å². The zero-order valence-corrected chi connectivity index (χ0v) is 15.9. The number of carbonyl (C=O) groups is 1. The van der Waals surface area contributed by atoms with Crippen molar-refractivity contribution in [2.24, 2.45) is 0 Å². The lowest BCUT2D eigenvalue weighted by Crippen LogP contribution is -2.27. The number of aryl methyl sites for hydroxylation is 1. The fourth-order valence-electron chi connectivity index (χ4n) is 2.95. The van der Waals surface area contributed by atoms with E-state index in [-0.39, 0.29) is 29.8 Å². The topological polar surface area (TPSA) is 92.3 Å². The number of aromatic hydroxyl groups is 1. The highest BCUT2D eigenvalue weighted by Crippen LogP contribution is 2.24. The van der Waals surface area contributed by atoms with Gasteiger partial charge < -0.3 is 9.84 Å². The Labute approximate surface area is 158 Å². The summed E-state index contributed by atoms with van der Waals surface area (Å²) in [7, 11) is 0. The average Bonchev–Trinajstić information content (AvgIpc) is 2.64. The quantitative estimate of drug-likeness (QED) is 0.569. The molecule has 1 heterocycles. The summed E-state index contributed by atoms with van der Waals surface area (Å²) >= 11 is 0. The summed E-state index contributed by atoms with van der Waals surface area (Å²) in [6.07, 6.45) is 2.50. The summed E-state index contributed by atoms with van der Waals surface area (Å²) in [5, 5.41) is 19.9. The van der Waals surface area contributed by atoms with Gasteiger partial charge >= 0.3 is 0 Å². The molecular weight excluding hydrogens is 344 g/mol. The maximum atomic E-state index is 12.7. The van der Waals surface area contributed by atoms with Crippen LogP contribution >= 0.6 is 0 Å². The first-order valence-corrected chi connectivity index (χ1v) is 9.00. The van der Waals surface area contributed by atoms with Crippen LogP contribution in [0.1, 0.15) is 53.2 Å². The van der Waals surface area contributed by atoms with Crippen molar-refractivity contribution in [1.29, 1.82) is 5.26 Å². The van der Waals surface area contributed by atoms with Gasteiger partial charge in [0.1, 0.15) is 17.4 Å². The molecule has 1 aromatic carbocycles. The van der Waals surface area contributed by atoms with Crippen molar-refractivity contribution in [2.75, 3.05) is 6.61 Å². The number of rotatable bonds is 8. The molecule has 142 valence electrons. The molecule has 0 fully saturated rings. The zero-order chi connectivity index (χ0) is 20.0. The molecule has 0 atom stereocenters. The Kier molecular flexibility index (Phi) is 6.78. The Morgan fingerprint density at radius 2 is 1.96 bits per heavy atom. The van der Waals surface area contributed by atoms with Crippen LogP contribution < -0.4 is 10.3 Å². The molecule has 1 aromatic heterocycles. The highest BCUT2D eigenvalue weighted by atomic mass is 16.5. The normalized spacial score (nSPS) is 10.4. The molecule has 6 heteroatoms. The second-order valence-electron chi connectivity index (χ2n) is 6.45. The van der Waals surface area contributed by atoms with E-state index in [9.17, 15) is 20.0 Å². The van der Waals surface area contributed by atoms with E-state index in [4.69, 9.17) is 4.74 Å². The summed E-state index contributed by atoms with van der Waals surface area (Å²) in [5.74, 6) is -0.306. The third-order valence-electron chi connectivity index (χ3n) is 4.52. The average molecular weight is 368 g/mol. The van der Waals surface area contributed by atoms with Crippen molar-refractivity contribution in [2.45, 2.75) is 46.6 Å². The highest BCUT2D eigenvalue weighted by molar-refractivity contribution is 6.01. The molecule has 1 N–H and O–H groups in total. The van der Waals surface area contributed by atoms with Crippen LogP contribution in [0.5, 0.6) is 11.6 Å². The van der Waals surface area contributed by atoms with E-state index in [2.05, 4.69) is 0 Å². The Balaban J connectivity index is 2.38. The number of unbranched alkanes of at least 4 members (excludes halogenated alkanes) is 2. The summed E-state index contributed by atoms with van der Waals surface area (Å²) in [6, 6.07) is 9.15. The lowest BCUT2D eigenvalue weighted by Gasteiger charge is -2.16. The van der Waals surface area contributed by atoms with Crippen LogP contribution in [-0.4, -0.2) is 22.1 Å². The van der Waals surface area contributed by atoms with Crippen LogP contribution in [0.2, 0.25) is 0 Å². The standard InChI is InChI=1S/C21H24N2O4/c1-4-5-8-11-23-20(25)16(12-22)15(3)19(21(23)26)17(24)13-27-18-10-7-6-9-14(18)2/h6-7,9-10,26H,4-5,8,11,13H2,1-3H3. The molecule has 0 saturated carbocycles. The number of nitrogens with zero attached hydrogens (tertiary/aromatic N) is 2. The van der Waals surface area contributed by atoms with Crippen molar-refractivity contribution in [1.82, 2.24) is 4.57 Å². The molecule has 27 heavy (non-hydrogen) atoms. The van der Waals surface area contributed by atoms with E-state index in [1.165, 1.54) is 6.92 Å². The third-order valence-corrected chi connectivity index (χ3v) is 4.52. The van der Waals surface area contributed by atoms with Gasteiger partial charge in [-0.2, -0.15) is 5.26 Å². The lowest BCUT2D eigenvalue weighted by atomic mass is 10.0. The SMILES string of the molecule is CCCCCn1c(O)c(C(=O)COc2ccccc2C)c(C)c(C#N)c1=O. The van der Waals surface area contributed by atoms with Gasteiger partial charge in [0.15, 0.2) is 6.61 Å². The van der Waals surface area contributed by atoms with Gasteiger partial charge in [-0.15, -0.1) is 0 Å². The second kappa shape index (κ2) is 9.04. The number of pyridine rings is 1. The van der Waals surface area contributed by atoms with Crippen LogP contribution in [-0.2, 0) is 6.54 Å². The summed E-state index contributed by atoms with van der Waals surface area (Å²) < 4.78 is 6.69. The highest BCUT2D eigenvalue weighted by Gasteiger charge is 2.24. The molecule has 2 rings (SSSR count). The van der Waals surface area contributed by atoms with Gasteiger partial charge in [-0.25, -0.2) is 0 Å². The Morgan fingerprint density at radius 1 is 1.26 bits per heavy atom. The van der Waals surface area contributed by atoms with Crippen LogP contribution in [0.15, 0.2) is 29.1 Å². The van der Waals surface area contributed by atoms with Crippen molar-refractivity contribution in [3.8, 4) is 17.7 Å². The summed E-state index contributed by atoms with van der Waals surface area (Å²) in [6.45, 7) is 5.35. The Morgan fingerprint density at radius 3 is 2.59 bits per heavy atom. The van der Waals surface area contributed by atoms with E-state index in [0.29, 0.717) is 12.2 Å². The molecule has 0 bridgehead atoms. The first kappa shape index (κ1) is 20.2. The molecule has 6 nitrogen and oxygen atoms in total. The molecule has 0 aliphatic rings. The monoisotopic (exact) mass is 368 g/mol. The van der Waals surface area contributed by atoms with Crippen molar-refractivity contribution < 1.29 is 14.6 Å². The fraction of sp³-hybridized carbons (Fsp3) is 0.381. The number of hydrogen-bond acceptors (Lipinski definition) is 5. The number of nitriles is 1. The number of hydrogen-bond donors (Lipinski definition) is 1. The van der Waals surface area contributed by atoms with E-state index in [0.717, 1.165) is 23.0 Å². The van der Waals surface area contributed by atoms with Crippen LogP contribution in [0.25, 0.3) is 0 Å². The van der Waals surface area contributed by atoms with Crippen LogP contribution in [0.3, 0.4) is 0 Å². The largest absolute Gasteiger partial charge is 0.494 e. The Bertz CT molecular complexity index is 938. The fourth-order valence-corrected chi connectivity index (χ4v) is 2.95. The molecule has 0 saturated heterocycles. The Hall–Kier alpha value is -3.07. The van der Waals surface area contributed by atoms with Gasteiger partial charge in [0.2, 0.25) is 11.7 Å². The van der Waals surface area contributed by atoms with Crippen molar-refractivity contribution in [3.63, 3.8) is 0 Å². The smallest absolute Gasteiger partial charge is 0.271 e. The molecule has 0 spiro atoms. The number of ether oxygens (including phenoxy) is 1. The van der Waals surface area contributed by atoms with Gasteiger partial charge in [0.05, 0.1) is 5.56 Å². The van der Waals surface area contributed by atoms with E-state index >= 15 is 0 Å². The molecule has 0 aliphatic carbocycles. The number of carbonyl (C=O) groups excluding carboxylic acids is 1. The third kappa shape index (κ3) is 4.37. The maximum Gasteiger partial charge on any atom is 0.271 e. The van der Waals surface area contributed by atoms with Gasteiger partial charge in [-0.3, -0.25) is 14.2 Å². The molecule has 0 unspecified atom stereocenters. The number of benzene rings is 1. The molecule has 0 amide bonds. The van der Waals surface area contributed by atoms with E-state index < -0.39 is 17.2 Å². The number of ketones is 1. The van der Waals surface area contributed by atoms with E-state index in [1.807, 2.05) is 32.0 Å². The van der Waals surface area contributed by atoms with E-state index in [1.54, 1.807) is 12.1 Å². The molecule has 0 radical (unpaired) electrons. The second-order valence-corrected chi connectivity index (χ2v) is 6.45. The van der Waals surface area contributed by atoms with Crippen molar-refractivity contribution >= 4 is 5.78 Å². The van der Waals surface area contributed by atoms with Gasteiger partial charge in [0, 0.05) is 6.54 Å². The first-order chi connectivity index (χ1) is 12.9. The number of Topliss-reactive ketones (excluding diaryl/α,β-unsaturated/α-hetero) is 1. The minimum atomic E-state index is -0.569. The number of para-hydroxylation sites is 1. The molecule has 0 aliphatic heterocycles. The van der Waals surface area contributed by atoms with Crippen LogP contribution in [0.4, 0.5) is 0 Å². The first-order valence-electron chi connectivity index (χ1n) is 9.00. The van der Waals surface area contributed by atoms with Gasteiger partial charge in [-0.1, -0.05) is 38.0 Å². The minimum absolute atomic E-state index is 0.0313. The molecule has 2 aromatic rings. The zero-order valence-electron chi connectivity index (χ0n) is 15.9. The lowest BCUT2D eigenvalue weighted by molar-refractivity contribution is 0.0916. The van der Waals surface area contributed by atoms with Crippen LogP contribution in [0, 0.1) is 25.2 Å². The van der Waals surface area contributed by atoms with Crippen molar-refractivity contribution in [3.05, 3.63) is 56.9 Å². The summed E-state index contributed by atoms with van der Waals surface area (Å²) in [5.41, 5.74) is 0.346. The number of aromatic nitrogens is 1. The predicted octanol–water partition coefficient (Wildman–Crippen LogP) is 3.49. The summed E-state index contributed by atoms with van der Waals surface area (Å²) in [4.78, 5) is 25.2. The molecular formula is C21H24N2O4. The maximum absolute atomic E-state index is 12.7. The minimum Gasteiger partial charge on any atom is -0.494 e. The van der Waals surface area contributed by atoms with Gasteiger partial charge in [0.25, 0.3) is 5.56 Å².